The third-order valence-electron chi connectivity index (χ3n) is 1.77. The molecule has 0 aromatic heterocycles. The molecule has 5 nitrogen and oxygen atoms in total. The molecule has 2 N–H and O–H groups in total. The molecule has 0 rings (SSSR count). The van der Waals surface area contributed by atoms with E-state index in [-0.39, 0.29) is 12.5 Å². The van der Waals surface area contributed by atoms with Gasteiger partial charge in [-0.1, -0.05) is 13.8 Å². The molecule has 0 aromatic carbocycles. The maximum atomic E-state index is 10.5. The molecule has 0 fully saturated rings. The SMILES string of the molecule is COC[C@@H](COS(N)(=O)=O)C(C)C. The van der Waals surface area contributed by atoms with Gasteiger partial charge < -0.3 is 4.74 Å². The molecule has 0 amide bonds. The van der Waals surface area contributed by atoms with E-state index in [9.17, 15) is 8.42 Å². The number of nitrogens with two attached hydrogens (primary N) is 1. The van der Waals surface area contributed by atoms with Crippen molar-refractivity contribution in [3.63, 3.8) is 0 Å². The van der Waals surface area contributed by atoms with Crippen LogP contribution in [-0.2, 0) is 19.2 Å². The van der Waals surface area contributed by atoms with E-state index in [1.807, 2.05) is 13.8 Å². The van der Waals surface area contributed by atoms with Gasteiger partial charge in [0.05, 0.1) is 13.2 Å². The van der Waals surface area contributed by atoms with Crippen LogP contribution in [0.4, 0.5) is 0 Å². The van der Waals surface area contributed by atoms with Gasteiger partial charge >= 0.3 is 10.3 Å². The van der Waals surface area contributed by atoms with E-state index < -0.39 is 10.3 Å². The fourth-order valence-corrected chi connectivity index (χ4v) is 1.19. The predicted octanol–water partition coefficient (Wildman–Crippen LogP) is 0.125. The molecular formula is C7H17NO4S. The highest BCUT2D eigenvalue weighted by atomic mass is 32.2. The van der Waals surface area contributed by atoms with Crippen molar-refractivity contribution in [2.24, 2.45) is 17.0 Å². The topological polar surface area (TPSA) is 78.6 Å². The van der Waals surface area contributed by atoms with Crippen LogP contribution in [-0.4, -0.2) is 28.7 Å². The molecule has 0 aliphatic rings. The number of ether oxygens (including phenoxy) is 1. The van der Waals surface area contributed by atoms with Crippen LogP contribution >= 0.6 is 0 Å². The lowest BCUT2D eigenvalue weighted by Gasteiger charge is -2.18. The van der Waals surface area contributed by atoms with Crippen molar-refractivity contribution >= 4 is 10.3 Å². The maximum Gasteiger partial charge on any atom is 0.333 e. The Kier molecular flexibility index (Phi) is 5.46. The van der Waals surface area contributed by atoms with Crippen LogP contribution in [0.5, 0.6) is 0 Å². The zero-order chi connectivity index (χ0) is 10.5. The first-order valence-electron chi connectivity index (χ1n) is 4.03. The van der Waals surface area contributed by atoms with Gasteiger partial charge in [-0.2, -0.15) is 8.42 Å². The zero-order valence-corrected chi connectivity index (χ0v) is 9.00. The highest BCUT2D eigenvalue weighted by Crippen LogP contribution is 2.11. The van der Waals surface area contributed by atoms with Crippen LogP contribution < -0.4 is 5.14 Å². The summed E-state index contributed by atoms with van der Waals surface area (Å²) in [5.41, 5.74) is 0. The highest BCUT2D eigenvalue weighted by molar-refractivity contribution is 7.84. The molecule has 0 heterocycles. The van der Waals surface area contributed by atoms with Crippen LogP contribution in [0, 0.1) is 11.8 Å². The molecule has 0 radical (unpaired) electrons. The fourth-order valence-electron chi connectivity index (χ4n) is 0.829. The molecule has 0 saturated carbocycles. The Morgan fingerprint density at radius 2 is 1.85 bits per heavy atom. The van der Waals surface area contributed by atoms with Gasteiger partial charge in [0.25, 0.3) is 0 Å². The summed E-state index contributed by atoms with van der Waals surface area (Å²) in [5, 5.41) is 4.69. The highest BCUT2D eigenvalue weighted by Gasteiger charge is 2.16. The minimum absolute atomic E-state index is 0.0447. The van der Waals surface area contributed by atoms with Gasteiger partial charge in [-0.3, -0.25) is 4.18 Å². The first kappa shape index (κ1) is 12.8. The third kappa shape index (κ3) is 6.94. The van der Waals surface area contributed by atoms with Crippen LogP contribution in [0.2, 0.25) is 0 Å². The van der Waals surface area contributed by atoms with Crippen molar-refractivity contribution in [1.29, 1.82) is 0 Å². The molecule has 13 heavy (non-hydrogen) atoms. The van der Waals surface area contributed by atoms with Crippen LogP contribution in [0.25, 0.3) is 0 Å². The van der Waals surface area contributed by atoms with E-state index >= 15 is 0 Å². The standard InChI is InChI=1S/C7H17NO4S/c1-6(2)7(4-11-3)5-12-13(8,9)10/h6-7H,4-5H2,1-3H3,(H2,8,9,10)/t7-/m0/s1. The van der Waals surface area contributed by atoms with E-state index in [1.165, 1.54) is 0 Å². The maximum absolute atomic E-state index is 10.5. The molecule has 0 aliphatic heterocycles. The lowest BCUT2D eigenvalue weighted by molar-refractivity contribution is 0.0952. The van der Waals surface area contributed by atoms with Gasteiger partial charge in [0.2, 0.25) is 0 Å². The lowest BCUT2D eigenvalue weighted by Crippen LogP contribution is -2.25. The Bertz CT molecular complexity index is 225. The predicted molar refractivity (Wildman–Crippen MR) is 49.3 cm³/mol. The minimum atomic E-state index is -3.83. The van der Waals surface area contributed by atoms with Crippen LogP contribution in [0.3, 0.4) is 0 Å². The smallest absolute Gasteiger partial charge is 0.333 e. The second kappa shape index (κ2) is 5.54. The quantitative estimate of drug-likeness (QED) is 0.677. The van der Waals surface area contributed by atoms with Gasteiger partial charge in [-0.05, 0) is 5.92 Å². The molecule has 0 unspecified atom stereocenters. The number of hydrogen-bond donors (Lipinski definition) is 1. The second-order valence-electron chi connectivity index (χ2n) is 3.24. The van der Waals surface area contributed by atoms with Crippen molar-refractivity contribution in [3.8, 4) is 0 Å². The van der Waals surface area contributed by atoms with Crippen molar-refractivity contribution in [1.82, 2.24) is 0 Å². The van der Waals surface area contributed by atoms with E-state index in [0.29, 0.717) is 12.5 Å². The molecule has 6 heteroatoms. The van der Waals surface area contributed by atoms with E-state index in [1.54, 1.807) is 7.11 Å². The molecule has 0 aliphatic carbocycles. The van der Waals surface area contributed by atoms with E-state index in [4.69, 9.17) is 4.74 Å². The molecular weight excluding hydrogens is 194 g/mol. The lowest BCUT2D eigenvalue weighted by atomic mass is 9.98. The summed E-state index contributed by atoms with van der Waals surface area (Å²) in [6.07, 6.45) is 0. The summed E-state index contributed by atoms with van der Waals surface area (Å²) >= 11 is 0. The van der Waals surface area contributed by atoms with Crippen LogP contribution in [0.1, 0.15) is 13.8 Å². The van der Waals surface area contributed by atoms with Gasteiger partial charge in [-0.15, -0.1) is 0 Å². The number of hydrogen-bond acceptors (Lipinski definition) is 4. The van der Waals surface area contributed by atoms with Crippen molar-refractivity contribution in [3.05, 3.63) is 0 Å². The summed E-state index contributed by atoms with van der Waals surface area (Å²) in [5.74, 6) is 0.338. The Labute approximate surface area is 79.5 Å². The summed E-state index contributed by atoms with van der Waals surface area (Å²) in [4.78, 5) is 0. The fraction of sp³-hybridized carbons (Fsp3) is 1.00. The average molecular weight is 211 g/mol. The summed E-state index contributed by atoms with van der Waals surface area (Å²) < 4.78 is 30.3. The average Bonchev–Trinajstić information content (AvgIpc) is 1.95. The van der Waals surface area contributed by atoms with Crippen molar-refractivity contribution in [2.45, 2.75) is 13.8 Å². The van der Waals surface area contributed by atoms with Gasteiger partial charge in [0.15, 0.2) is 0 Å². The molecule has 0 saturated heterocycles. The largest absolute Gasteiger partial charge is 0.384 e. The Balaban J connectivity index is 3.97. The molecule has 0 aromatic rings. The van der Waals surface area contributed by atoms with Crippen LogP contribution in [0.15, 0.2) is 0 Å². The third-order valence-corrected chi connectivity index (χ3v) is 2.23. The van der Waals surface area contributed by atoms with Gasteiger partial charge in [0.1, 0.15) is 0 Å². The van der Waals surface area contributed by atoms with Crippen molar-refractivity contribution < 1.29 is 17.3 Å². The second-order valence-corrected chi connectivity index (χ2v) is 4.46. The first-order valence-corrected chi connectivity index (χ1v) is 5.50. The molecule has 0 bridgehead atoms. The first-order chi connectivity index (χ1) is 5.87. The summed E-state index contributed by atoms with van der Waals surface area (Å²) in [6.45, 7) is 4.48. The molecule has 1 atom stereocenters. The Morgan fingerprint density at radius 3 is 2.15 bits per heavy atom. The summed E-state index contributed by atoms with van der Waals surface area (Å²) in [7, 11) is -2.26. The van der Waals surface area contributed by atoms with E-state index in [2.05, 4.69) is 9.32 Å². The van der Waals surface area contributed by atoms with E-state index in [0.717, 1.165) is 0 Å². The normalized spacial score (nSPS) is 14.8. The number of rotatable bonds is 6. The Morgan fingerprint density at radius 1 is 1.31 bits per heavy atom. The Hall–Kier alpha value is -0.170. The molecule has 0 spiro atoms. The zero-order valence-electron chi connectivity index (χ0n) is 8.19. The van der Waals surface area contributed by atoms with Gasteiger partial charge in [-0.25, -0.2) is 5.14 Å². The monoisotopic (exact) mass is 211 g/mol. The summed E-state index contributed by atoms with van der Waals surface area (Å²) in [6, 6.07) is 0. The number of methoxy groups -OCH3 is 1. The van der Waals surface area contributed by atoms with Crippen molar-refractivity contribution in [2.75, 3.05) is 20.3 Å². The molecule has 80 valence electrons. The van der Waals surface area contributed by atoms with Gasteiger partial charge in [0, 0.05) is 13.0 Å². The minimum Gasteiger partial charge on any atom is -0.384 e.